The van der Waals surface area contributed by atoms with Gasteiger partial charge in [-0.05, 0) is 24.1 Å². The number of hydrogen-bond acceptors (Lipinski definition) is 3. The van der Waals surface area contributed by atoms with Gasteiger partial charge in [0.2, 0.25) is 0 Å². The SMILES string of the molecule is C1=C(c2ccccc2)CC2=C(N1)OCCCNC2. The smallest absolute Gasteiger partial charge is 0.191 e. The molecule has 0 aromatic heterocycles. The fourth-order valence-corrected chi connectivity index (χ4v) is 2.35. The number of ether oxygens (including phenoxy) is 1. The molecule has 18 heavy (non-hydrogen) atoms. The highest BCUT2D eigenvalue weighted by Gasteiger charge is 2.17. The third-order valence-corrected chi connectivity index (χ3v) is 3.33. The quantitative estimate of drug-likeness (QED) is 0.792. The summed E-state index contributed by atoms with van der Waals surface area (Å²) in [6, 6.07) is 10.5. The average molecular weight is 242 g/mol. The summed E-state index contributed by atoms with van der Waals surface area (Å²) >= 11 is 0. The van der Waals surface area contributed by atoms with Gasteiger partial charge in [0.15, 0.2) is 5.88 Å². The highest BCUT2D eigenvalue weighted by molar-refractivity contribution is 5.68. The van der Waals surface area contributed by atoms with Gasteiger partial charge in [-0.3, -0.25) is 0 Å². The first kappa shape index (κ1) is 11.4. The van der Waals surface area contributed by atoms with Gasteiger partial charge in [0.25, 0.3) is 0 Å². The van der Waals surface area contributed by atoms with Crippen LogP contribution in [0.5, 0.6) is 0 Å². The van der Waals surface area contributed by atoms with Crippen LogP contribution < -0.4 is 10.6 Å². The maximum absolute atomic E-state index is 5.75. The number of allylic oxidation sites excluding steroid dienone is 1. The van der Waals surface area contributed by atoms with Crippen LogP contribution in [0.3, 0.4) is 0 Å². The molecule has 0 unspecified atom stereocenters. The van der Waals surface area contributed by atoms with E-state index in [1.54, 1.807) is 0 Å². The van der Waals surface area contributed by atoms with E-state index in [0.717, 1.165) is 38.4 Å². The molecule has 0 aliphatic carbocycles. The zero-order valence-electron chi connectivity index (χ0n) is 10.4. The highest BCUT2D eigenvalue weighted by Crippen LogP contribution is 2.27. The fraction of sp³-hybridized carbons (Fsp3) is 0.333. The van der Waals surface area contributed by atoms with Crippen LogP contribution in [0.2, 0.25) is 0 Å². The lowest BCUT2D eigenvalue weighted by molar-refractivity contribution is 0.183. The maximum atomic E-state index is 5.75. The Morgan fingerprint density at radius 3 is 2.89 bits per heavy atom. The molecule has 94 valence electrons. The highest BCUT2D eigenvalue weighted by atomic mass is 16.5. The van der Waals surface area contributed by atoms with Crippen molar-refractivity contribution >= 4 is 5.57 Å². The summed E-state index contributed by atoms with van der Waals surface area (Å²) in [4.78, 5) is 0. The van der Waals surface area contributed by atoms with E-state index in [1.165, 1.54) is 16.7 Å². The van der Waals surface area contributed by atoms with Crippen LogP contribution in [0.15, 0.2) is 48.0 Å². The van der Waals surface area contributed by atoms with E-state index < -0.39 is 0 Å². The Kier molecular flexibility index (Phi) is 3.33. The zero-order chi connectivity index (χ0) is 12.2. The summed E-state index contributed by atoms with van der Waals surface area (Å²) in [5.41, 5.74) is 3.91. The van der Waals surface area contributed by atoms with Crippen molar-refractivity contribution in [2.24, 2.45) is 0 Å². The van der Waals surface area contributed by atoms with Crippen molar-refractivity contribution < 1.29 is 4.74 Å². The van der Waals surface area contributed by atoms with E-state index in [9.17, 15) is 0 Å². The predicted octanol–water partition coefficient (Wildman–Crippen LogP) is 2.24. The van der Waals surface area contributed by atoms with Crippen LogP contribution in [-0.4, -0.2) is 19.7 Å². The number of nitrogens with one attached hydrogen (secondary N) is 2. The Hall–Kier alpha value is -1.74. The second-order valence-electron chi connectivity index (χ2n) is 4.67. The Morgan fingerprint density at radius 1 is 1.11 bits per heavy atom. The summed E-state index contributed by atoms with van der Waals surface area (Å²) in [6.45, 7) is 2.72. The molecule has 3 heteroatoms. The lowest BCUT2D eigenvalue weighted by atomic mass is 9.97. The molecule has 2 N–H and O–H groups in total. The molecule has 3 rings (SSSR count). The third kappa shape index (κ3) is 2.41. The van der Waals surface area contributed by atoms with Gasteiger partial charge in [-0.1, -0.05) is 30.3 Å². The molecule has 0 amide bonds. The topological polar surface area (TPSA) is 33.3 Å². The van der Waals surface area contributed by atoms with Crippen molar-refractivity contribution in [3.8, 4) is 0 Å². The summed E-state index contributed by atoms with van der Waals surface area (Å²) in [5.74, 6) is 0.946. The Labute approximate surface area is 108 Å². The van der Waals surface area contributed by atoms with Gasteiger partial charge < -0.3 is 15.4 Å². The lowest BCUT2D eigenvalue weighted by Gasteiger charge is -2.25. The lowest BCUT2D eigenvalue weighted by Crippen LogP contribution is -2.29. The maximum Gasteiger partial charge on any atom is 0.191 e. The normalized spacial score (nSPS) is 19.9. The molecule has 2 heterocycles. The summed E-state index contributed by atoms with van der Waals surface area (Å²) in [7, 11) is 0. The summed E-state index contributed by atoms with van der Waals surface area (Å²) in [6.07, 6.45) is 4.09. The van der Waals surface area contributed by atoms with Crippen molar-refractivity contribution in [2.45, 2.75) is 12.8 Å². The van der Waals surface area contributed by atoms with Gasteiger partial charge in [0.05, 0.1) is 6.61 Å². The molecule has 0 atom stereocenters. The first-order chi connectivity index (χ1) is 8.93. The van der Waals surface area contributed by atoms with Gasteiger partial charge in [-0.2, -0.15) is 0 Å². The van der Waals surface area contributed by atoms with Gasteiger partial charge in [-0.15, -0.1) is 0 Å². The van der Waals surface area contributed by atoms with Gasteiger partial charge in [-0.25, -0.2) is 0 Å². The Morgan fingerprint density at radius 2 is 2.00 bits per heavy atom. The van der Waals surface area contributed by atoms with E-state index >= 15 is 0 Å². The third-order valence-electron chi connectivity index (χ3n) is 3.33. The van der Waals surface area contributed by atoms with E-state index in [1.807, 2.05) is 6.07 Å². The number of hydrogen-bond donors (Lipinski definition) is 2. The van der Waals surface area contributed by atoms with Crippen LogP contribution in [0.4, 0.5) is 0 Å². The van der Waals surface area contributed by atoms with Crippen molar-refractivity contribution in [1.29, 1.82) is 0 Å². The minimum Gasteiger partial charge on any atom is -0.479 e. The number of dihydropyridines is 1. The minimum absolute atomic E-state index is 0.785. The van der Waals surface area contributed by atoms with E-state index in [2.05, 4.69) is 41.1 Å². The van der Waals surface area contributed by atoms with Gasteiger partial charge >= 0.3 is 0 Å². The van der Waals surface area contributed by atoms with Crippen molar-refractivity contribution in [2.75, 3.05) is 19.7 Å². The largest absolute Gasteiger partial charge is 0.479 e. The van der Waals surface area contributed by atoms with Gasteiger partial charge in [0, 0.05) is 24.7 Å². The van der Waals surface area contributed by atoms with E-state index in [4.69, 9.17) is 4.74 Å². The van der Waals surface area contributed by atoms with Crippen LogP contribution in [0, 0.1) is 0 Å². The first-order valence-corrected chi connectivity index (χ1v) is 6.50. The van der Waals surface area contributed by atoms with Crippen molar-refractivity contribution in [3.05, 3.63) is 53.6 Å². The van der Waals surface area contributed by atoms with Crippen LogP contribution in [-0.2, 0) is 4.74 Å². The van der Waals surface area contributed by atoms with Crippen LogP contribution in [0.25, 0.3) is 5.57 Å². The summed E-state index contributed by atoms with van der Waals surface area (Å²) in [5, 5.41) is 6.75. The second-order valence-corrected chi connectivity index (χ2v) is 4.67. The first-order valence-electron chi connectivity index (χ1n) is 6.50. The molecule has 0 fully saturated rings. The average Bonchev–Trinajstić information content (AvgIpc) is 2.40. The molecule has 1 aromatic carbocycles. The number of rotatable bonds is 1. The van der Waals surface area contributed by atoms with Crippen molar-refractivity contribution in [1.82, 2.24) is 10.6 Å². The second kappa shape index (κ2) is 5.27. The van der Waals surface area contributed by atoms with Crippen LogP contribution in [0.1, 0.15) is 18.4 Å². The van der Waals surface area contributed by atoms with Crippen LogP contribution >= 0.6 is 0 Å². The van der Waals surface area contributed by atoms with E-state index in [0.29, 0.717) is 0 Å². The molecule has 0 saturated heterocycles. The Balaban J connectivity index is 1.79. The molecular weight excluding hydrogens is 224 g/mol. The number of benzene rings is 1. The molecule has 2 aliphatic heterocycles. The zero-order valence-corrected chi connectivity index (χ0v) is 10.4. The summed E-state index contributed by atoms with van der Waals surface area (Å²) < 4.78 is 5.75. The fourth-order valence-electron chi connectivity index (χ4n) is 2.35. The molecule has 0 spiro atoms. The van der Waals surface area contributed by atoms with Gasteiger partial charge in [0.1, 0.15) is 0 Å². The molecule has 0 saturated carbocycles. The minimum atomic E-state index is 0.785. The molecule has 0 bridgehead atoms. The monoisotopic (exact) mass is 242 g/mol. The molecule has 3 nitrogen and oxygen atoms in total. The van der Waals surface area contributed by atoms with Crippen molar-refractivity contribution in [3.63, 3.8) is 0 Å². The molecule has 1 aromatic rings. The molecular formula is C15H18N2O. The molecule has 0 radical (unpaired) electrons. The Bertz CT molecular complexity index is 477. The predicted molar refractivity (Wildman–Crippen MR) is 72.6 cm³/mol. The standard InChI is InChI=1S/C15H18N2O/c1-2-5-12(6-3-1)13-9-14-10-16-7-4-8-18-15(14)17-11-13/h1-3,5-6,11,16-17H,4,7-10H2. The van der Waals surface area contributed by atoms with E-state index in [-0.39, 0.29) is 0 Å². The molecule has 2 aliphatic rings.